The molecule has 16 heavy (non-hydrogen) atoms. The molecular weight excluding hydrogens is 222 g/mol. The molecular formula is C12H20ClN3. The van der Waals surface area contributed by atoms with Crippen LogP contribution in [0.5, 0.6) is 0 Å². The molecule has 0 aliphatic heterocycles. The van der Waals surface area contributed by atoms with E-state index in [1.165, 1.54) is 19.3 Å². The highest BCUT2D eigenvalue weighted by molar-refractivity contribution is 6.31. The van der Waals surface area contributed by atoms with E-state index in [-0.39, 0.29) is 6.04 Å². The van der Waals surface area contributed by atoms with E-state index in [0.29, 0.717) is 5.92 Å². The second kappa shape index (κ2) is 4.76. The van der Waals surface area contributed by atoms with Gasteiger partial charge in [0, 0.05) is 19.0 Å². The quantitative estimate of drug-likeness (QED) is 0.881. The van der Waals surface area contributed by atoms with Gasteiger partial charge < -0.3 is 5.73 Å². The van der Waals surface area contributed by atoms with Gasteiger partial charge in [0.15, 0.2) is 0 Å². The van der Waals surface area contributed by atoms with Crippen LogP contribution in [-0.2, 0) is 13.0 Å². The number of halogens is 1. The molecule has 4 heteroatoms. The Morgan fingerprint density at radius 3 is 2.75 bits per heavy atom. The van der Waals surface area contributed by atoms with Gasteiger partial charge in [-0.05, 0) is 32.6 Å². The Kier molecular flexibility index (Phi) is 3.55. The maximum absolute atomic E-state index is 6.26. The summed E-state index contributed by atoms with van der Waals surface area (Å²) in [5, 5.41) is 5.22. The minimum atomic E-state index is 0.243. The first-order valence-electron chi connectivity index (χ1n) is 6.10. The van der Waals surface area contributed by atoms with Gasteiger partial charge >= 0.3 is 0 Å². The van der Waals surface area contributed by atoms with E-state index in [4.69, 9.17) is 17.3 Å². The highest BCUT2D eigenvalue weighted by Gasteiger charge is 2.26. The topological polar surface area (TPSA) is 43.8 Å². The minimum Gasteiger partial charge on any atom is -0.327 e. The molecule has 0 amide bonds. The van der Waals surface area contributed by atoms with Crippen LogP contribution < -0.4 is 5.73 Å². The van der Waals surface area contributed by atoms with Gasteiger partial charge in [-0.15, -0.1) is 0 Å². The van der Waals surface area contributed by atoms with Crippen LogP contribution >= 0.6 is 11.6 Å². The fourth-order valence-corrected chi connectivity index (χ4v) is 2.53. The summed E-state index contributed by atoms with van der Waals surface area (Å²) in [6.07, 6.45) is 4.74. The van der Waals surface area contributed by atoms with Crippen molar-refractivity contribution in [3.63, 3.8) is 0 Å². The molecule has 0 bridgehead atoms. The normalized spacial score (nSPS) is 18.5. The lowest BCUT2D eigenvalue weighted by Crippen LogP contribution is -2.37. The number of aryl methyl sites for hydroxylation is 2. The van der Waals surface area contributed by atoms with Crippen molar-refractivity contribution in [2.24, 2.45) is 11.7 Å². The molecule has 0 saturated heterocycles. The van der Waals surface area contributed by atoms with Crippen LogP contribution in [0.1, 0.15) is 37.6 Å². The number of rotatable bonds is 4. The van der Waals surface area contributed by atoms with Crippen molar-refractivity contribution in [3.05, 3.63) is 16.4 Å². The highest BCUT2D eigenvalue weighted by Crippen LogP contribution is 2.31. The Morgan fingerprint density at radius 2 is 2.25 bits per heavy atom. The maximum atomic E-state index is 6.26. The Hall–Kier alpha value is -0.540. The van der Waals surface area contributed by atoms with Crippen LogP contribution in [0.2, 0.25) is 5.02 Å². The third-order valence-electron chi connectivity index (χ3n) is 3.64. The standard InChI is InChI=1S/C12H20ClN3/c1-3-16-11(12(13)8(2)15-16)7-10(14)9-5-4-6-9/h9-10H,3-7,14H2,1-2H3. The Bertz CT molecular complexity index is 369. The zero-order valence-electron chi connectivity index (χ0n) is 10.0. The smallest absolute Gasteiger partial charge is 0.0847 e. The predicted molar refractivity (Wildman–Crippen MR) is 66.7 cm³/mol. The van der Waals surface area contributed by atoms with Crippen molar-refractivity contribution in [3.8, 4) is 0 Å². The molecule has 1 aliphatic rings. The van der Waals surface area contributed by atoms with E-state index < -0.39 is 0 Å². The molecule has 0 aromatic carbocycles. The number of nitrogens with zero attached hydrogens (tertiary/aromatic N) is 2. The van der Waals surface area contributed by atoms with Crippen LogP contribution in [0, 0.1) is 12.8 Å². The lowest BCUT2D eigenvalue weighted by atomic mass is 9.78. The number of aromatic nitrogens is 2. The summed E-state index contributed by atoms with van der Waals surface area (Å²) >= 11 is 6.26. The molecule has 90 valence electrons. The Balaban J connectivity index is 2.12. The molecule has 1 aliphatic carbocycles. The number of hydrogen-bond acceptors (Lipinski definition) is 2. The summed E-state index contributed by atoms with van der Waals surface area (Å²) in [6, 6.07) is 0.243. The maximum Gasteiger partial charge on any atom is 0.0847 e. The lowest BCUT2D eigenvalue weighted by Gasteiger charge is -2.31. The molecule has 1 saturated carbocycles. The molecule has 0 radical (unpaired) electrons. The van der Waals surface area contributed by atoms with Crippen LogP contribution in [0.15, 0.2) is 0 Å². The van der Waals surface area contributed by atoms with Crippen molar-refractivity contribution < 1.29 is 0 Å². The molecule has 1 heterocycles. The Labute approximate surface area is 102 Å². The van der Waals surface area contributed by atoms with E-state index in [2.05, 4.69) is 12.0 Å². The molecule has 1 aromatic rings. The van der Waals surface area contributed by atoms with Crippen molar-refractivity contribution in [2.75, 3.05) is 0 Å². The van der Waals surface area contributed by atoms with Gasteiger partial charge in [-0.1, -0.05) is 18.0 Å². The fourth-order valence-electron chi connectivity index (χ4n) is 2.32. The predicted octanol–water partition coefficient (Wildman–Crippen LogP) is 2.53. The van der Waals surface area contributed by atoms with Gasteiger partial charge in [0.05, 0.1) is 16.4 Å². The highest BCUT2D eigenvalue weighted by atomic mass is 35.5. The summed E-state index contributed by atoms with van der Waals surface area (Å²) in [5.74, 6) is 0.691. The van der Waals surface area contributed by atoms with Crippen molar-refractivity contribution >= 4 is 11.6 Å². The molecule has 1 atom stereocenters. The number of hydrogen-bond donors (Lipinski definition) is 1. The average molecular weight is 242 g/mol. The third kappa shape index (κ3) is 2.11. The summed E-state index contributed by atoms with van der Waals surface area (Å²) in [6.45, 7) is 4.90. The lowest BCUT2D eigenvalue weighted by molar-refractivity contribution is 0.258. The van der Waals surface area contributed by atoms with Gasteiger partial charge in [-0.2, -0.15) is 5.10 Å². The zero-order chi connectivity index (χ0) is 11.7. The summed E-state index contributed by atoms with van der Waals surface area (Å²) in [5.41, 5.74) is 8.24. The van der Waals surface area contributed by atoms with Crippen molar-refractivity contribution in [1.29, 1.82) is 0 Å². The summed E-state index contributed by atoms with van der Waals surface area (Å²) in [4.78, 5) is 0. The molecule has 0 spiro atoms. The van der Waals surface area contributed by atoms with E-state index in [1.807, 2.05) is 11.6 Å². The molecule has 2 N–H and O–H groups in total. The molecule has 2 rings (SSSR count). The van der Waals surface area contributed by atoms with Gasteiger partial charge in [-0.3, -0.25) is 4.68 Å². The van der Waals surface area contributed by atoms with Crippen LogP contribution in [-0.4, -0.2) is 15.8 Å². The SMILES string of the molecule is CCn1nc(C)c(Cl)c1CC(N)C1CCC1. The van der Waals surface area contributed by atoms with Crippen molar-refractivity contribution in [1.82, 2.24) is 9.78 Å². The van der Waals surface area contributed by atoms with Crippen molar-refractivity contribution in [2.45, 2.75) is 52.1 Å². The first-order chi connectivity index (χ1) is 7.63. The zero-order valence-corrected chi connectivity index (χ0v) is 10.8. The van der Waals surface area contributed by atoms with E-state index in [1.54, 1.807) is 0 Å². The molecule has 1 aromatic heterocycles. The van der Waals surface area contributed by atoms with Gasteiger partial charge in [0.2, 0.25) is 0 Å². The first-order valence-corrected chi connectivity index (χ1v) is 6.48. The molecule has 3 nitrogen and oxygen atoms in total. The molecule has 1 unspecified atom stereocenters. The van der Waals surface area contributed by atoms with Gasteiger partial charge in [-0.25, -0.2) is 0 Å². The summed E-state index contributed by atoms with van der Waals surface area (Å²) in [7, 11) is 0. The van der Waals surface area contributed by atoms with E-state index >= 15 is 0 Å². The minimum absolute atomic E-state index is 0.243. The fraction of sp³-hybridized carbons (Fsp3) is 0.750. The van der Waals surface area contributed by atoms with Gasteiger partial charge in [0.1, 0.15) is 0 Å². The first kappa shape index (κ1) is 11.9. The van der Waals surface area contributed by atoms with E-state index in [0.717, 1.165) is 29.4 Å². The average Bonchev–Trinajstić information content (AvgIpc) is 2.43. The molecule has 1 fully saturated rings. The van der Waals surface area contributed by atoms with E-state index in [9.17, 15) is 0 Å². The van der Waals surface area contributed by atoms with Crippen LogP contribution in [0.4, 0.5) is 0 Å². The van der Waals surface area contributed by atoms with Crippen LogP contribution in [0.25, 0.3) is 0 Å². The summed E-state index contributed by atoms with van der Waals surface area (Å²) < 4.78 is 1.98. The second-order valence-corrected chi connectivity index (χ2v) is 5.10. The largest absolute Gasteiger partial charge is 0.327 e. The second-order valence-electron chi connectivity index (χ2n) is 4.72. The van der Waals surface area contributed by atoms with Gasteiger partial charge in [0.25, 0.3) is 0 Å². The monoisotopic (exact) mass is 241 g/mol. The Morgan fingerprint density at radius 1 is 1.56 bits per heavy atom. The third-order valence-corrected chi connectivity index (χ3v) is 4.13. The van der Waals surface area contributed by atoms with Crippen LogP contribution in [0.3, 0.4) is 0 Å². The number of nitrogens with two attached hydrogens (primary N) is 1.